The van der Waals surface area contributed by atoms with Crippen LogP contribution in [0.15, 0.2) is 42.1 Å². The normalized spacial score (nSPS) is 31.4. The molecule has 0 spiro atoms. The smallest absolute Gasteiger partial charge is 0.102 e. The van der Waals surface area contributed by atoms with Gasteiger partial charge in [-0.15, -0.1) is 13.2 Å². The van der Waals surface area contributed by atoms with Gasteiger partial charge in [-0.25, -0.2) is 0 Å². The third kappa shape index (κ3) is 2.74. The van der Waals surface area contributed by atoms with Crippen molar-refractivity contribution < 1.29 is 4.74 Å². The summed E-state index contributed by atoms with van der Waals surface area (Å²) in [6, 6.07) is 0. The summed E-state index contributed by atoms with van der Waals surface area (Å²) in [4.78, 5) is 4.79. The molecule has 1 fully saturated rings. The Morgan fingerprint density at radius 1 is 1.35 bits per heavy atom. The number of fused-ring (bicyclic) bond motifs is 1. The topological polar surface area (TPSA) is 21.6 Å². The van der Waals surface area contributed by atoms with Gasteiger partial charge in [0.05, 0.1) is 13.2 Å². The number of ether oxygens (including phenoxy) is 1. The molecule has 2 heteroatoms. The molecule has 0 N–H and O–H groups in total. The van der Waals surface area contributed by atoms with Crippen LogP contribution < -0.4 is 0 Å². The molecule has 0 heterocycles. The van der Waals surface area contributed by atoms with Gasteiger partial charge in [-0.05, 0) is 32.3 Å². The number of aliphatic imine (C=N–C) groups is 1. The maximum atomic E-state index is 5.93. The van der Waals surface area contributed by atoms with Gasteiger partial charge in [-0.3, -0.25) is 4.99 Å². The van der Waals surface area contributed by atoms with Crippen LogP contribution in [-0.2, 0) is 4.74 Å². The van der Waals surface area contributed by atoms with Crippen molar-refractivity contribution in [3.63, 3.8) is 0 Å². The molecule has 2 aliphatic rings. The summed E-state index contributed by atoms with van der Waals surface area (Å²) in [5.41, 5.74) is 1.35. The molecule has 110 valence electrons. The molecule has 2 nitrogen and oxygen atoms in total. The van der Waals surface area contributed by atoms with Gasteiger partial charge in [0.1, 0.15) is 5.76 Å². The van der Waals surface area contributed by atoms with Crippen molar-refractivity contribution in [2.75, 3.05) is 13.2 Å². The van der Waals surface area contributed by atoms with Gasteiger partial charge in [0.2, 0.25) is 0 Å². The largest absolute Gasteiger partial charge is 0.498 e. The minimum atomic E-state index is 0.131. The number of hydrogen-bond donors (Lipinski definition) is 0. The summed E-state index contributed by atoms with van der Waals surface area (Å²) >= 11 is 0. The van der Waals surface area contributed by atoms with Crippen LogP contribution in [0.1, 0.15) is 45.4 Å². The highest BCUT2D eigenvalue weighted by Crippen LogP contribution is 2.52. The molecule has 0 unspecified atom stereocenters. The minimum Gasteiger partial charge on any atom is -0.498 e. The van der Waals surface area contributed by atoms with Crippen LogP contribution in [0.5, 0.6) is 0 Å². The fraction of sp³-hybridized carbons (Fsp3) is 0.611. The Bertz CT molecular complexity index is 421. The first kappa shape index (κ1) is 15.1. The van der Waals surface area contributed by atoms with Crippen molar-refractivity contribution >= 4 is 5.71 Å². The average molecular weight is 273 g/mol. The van der Waals surface area contributed by atoms with Gasteiger partial charge in [0, 0.05) is 17.0 Å². The van der Waals surface area contributed by atoms with E-state index in [1.165, 1.54) is 37.8 Å². The lowest BCUT2D eigenvalue weighted by atomic mass is 9.69. The second kappa shape index (κ2) is 6.92. The highest BCUT2D eigenvalue weighted by atomic mass is 16.5. The van der Waals surface area contributed by atoms with E-state index in [4.69, 9.17) is 9.73 Å². The van der Waals surface area contributed by atoms with Crippen molar-refractivity contribution in [1.29, 1.82) is 0 Å². The molecule has 0 amide bonds. The van der Waals surface area contributed by atoms with Crippen molar-refractivity contribution in [3.8, 4) is 0 Å². The quantitative estimate of drug-likeness (QED) is 0.643. The van der Waals surface area contributed by atoms with Gasteiger partial charge >= 0.3 is 0 Å². The highest BCUT2D eigenvalue weighted by Gasteiger charge is 2.48. The molecular formula is C18H27NO. The first-order valence-electron chi connectivity index (χ1n) is 7.89. The fourth-order valence-corrected chi connectivity index (χ4v) is 3.80. The molecule has 0 saturated heterocycles. The van der Waals surface area contributed by atoms with Crippen molar-refractivity contribution in [1.82, 2.24) is 0 Å². The summed E-state index contributed by atoms with van der Waals surface area (Å²) in [7, 11) is 0. The van der Waals surface area contributed by atoms with Gasteiger partial charge in [-0.2, -0.15) is 0 Å². The molecule has 0 aromatic carbocycles. The predicted octanol–water partition coefficient (Wildman–Crippen LogP) is 4.69. The van der Waals surface area contributed by atoms with Crippen molar-refractivity contribution in [3.05, 3.63) is 37.1 Å². The second-order valence-corrected chi connectivity index (χ2v) is 5.80. The Labute approximate surface area is 123 Å². The number of nitrogens with zero attached hydrogens (tertiary/aromatic N) is 1. The second-order valence-electron chi connectivity index (χ2n) is 5.80. The van der Waals surface area contributed by atoms with Crippen LogP contribution in [0.25, 0.3) is 0 Å². The van der Waals surface area contributed by atoms with Crippen LogP contribution >= 0.6 is 0 Å². The lowest BCUT2D eigenvalue weighted by molar-refractivity contribution is 0.148. The summed E-state index contributed by atoms with van der Waals surface area (Å²) in [5, 5.41) is 0. The maximum Gasteiger partial charge on any atom is 0.102 e. The Balaban J connectivity index is 2.40. The summed E-state index contributed by atoms with van der Waals surface area (Å²) in [6.07, 6.45) is 13.4. The molecule has 0 aromatic rings. The zero-order valence-electron chi connectivity index (χ0n) is 12.7. The standard InChI is InChI=1S/C18H27NO/c1-4-11-18-12-9-7-8-10-15(18)16(20-6-3)14-17(18)19-13-5-2/h4-5,14-15H,1-2,6-13H2,3H3/t15-,18-/m0/s1. The van der Waals surface area contributed by atoms with E-state index in [2.05, 4.69) is 32.2 Å². The Morgan fingerprint density at radius 3 is 2.90 bits per heavy atom. The van der Waals surface area contributed by atoms with E-state index in [1.807, 2.05) is 6.08 Å². The van der Waals surface area contributed by atoms with Crippen LogP contribution in [0.2, 0.25) is 0 Å². The van der Waals surface area contributed by atoms with Crippen LogP contribution in [-0.4, -0.2) is 18.9 Å². The third-order valence-electron chi connectivity index (χ3n) is 4.63. The number of rotatable bonds is 6. The molecule has 2 rings (SSSR count). The van der Waals surface area contributed by atoms with Crippen LogP contribution in [0.4, 0.5) is 0 Å². The lowest BCUT2D eigenvalue weighted by Gasteiger charge is -2.35. The summed E-state index contributed by atoms with van der Waals surface area (Å²) in [5.74, 6) is 1.64. The van der Waals surface area contributed by atoms with E-state index in [0.717, 1.165) is 18.8 Å². The Hall–Kier alpha value is -1.31. The first-order chi connectivity index (χ1) is 9.78. The predicted molar refractivity (Wildman–Crippen MR) is 86.0 cm³/mol. The zero-order chi connectivity index (χ0) is 14.4. The monoisotopic (exact) mass is 273 g/mol. The average Bonchev–Trinajstić information content (AvgIpc) is 2.61. The van der Waals surface area contributed by atoms with E-state index < -0.39 is 0 Å². The highest BCUT2D eigenvalue weighted by molar-refractivity contribution is 6.03. The molecule has 0 aliphatic heterocycles. The molecule has 20 heavy (non-hydrogen) atoms. The Morgan fingerprint density at radius 2 is 2.20 bits per heavy atom. The van der Waals surface area contributed by atoms with Crippen LogP contribution in [0.3, 0.4) is 0 Å². The Kier molecular flexibility index (Phi) is 5.22. The van der Waals surface area contributed by atoms with Crippen molar-refractivity contribution in [2.45, 2.75) is 45.4 Å². The SMILES string of the molecule is C=CCN=C1C=C(OCC)[C@@H]2CCCCC[C@]12CC=C. The minimum absolute atomic E-state index is 0.131. The zero-order valence-corrected chi connectivity index (χ0v) is 12.7. The maximum absolute atomic E-state index is 5.93. The summed E-state index contributed by atoms with van der Waals surface area (Å²) in [6.45, 7) is 11.3. The number of hydrogen-bond acceptors (Lipinski definition) is 2. The molecule has 2 aliphatic carbocycles. The molecule has 0 radical (unpaired) electrons. The molecular weight excluding hydrogens is 246 g/mol. The van der Waals surface area contributed by atoms with Gasteiger partial charge in [0.25, 0.3) is 0 Å². The lowest BCUT2D eigenvalue weighted by Crippen LogP contribution is -2.33. The molecule has 0 bridgehead atoms. The summed E-state index contributed by atoms with van der Waals surface area (Å²) < 4.78 is 5.93. The van der Waals surface area contributed by atoms with Crippen LogP contribution in [0, 0.1) is 11.3 Å². The fourth-order valence-electron chi connectivity index (χ4n) is 3.80. The van der Waals surface area contributed by atoms with E-state index in [9.17, 15) is 0 Å². The van der Waals surface area contributed by atoms with E-state index in [-0.39, 0.29) is 5.41 Å². The number of allylic oxidation sites excluding steroid dienone is 3. The van der Waals surface area contributed by atoms with E-state index in [1.54, 1.807) is 0 Å². The van der Waals surface area contributed by atoms with Gasteiger partial charge < -0.3 is 4.74 Å². The van der Waals surface area contributed by atoms with E-state index in [0.29, 0.717) is 12.5 Å². The first-order valence-corrected chi connectivity index (χ1v) is 7.89. The molecule has 1 saturated carbocycles. The van der Waals surface area contributed by atoms with E-state index >= 15 is 0 Å². The molecule has 2 atom stereocenters. The molecule has 0 aromatic heterocycles. The van der Waals surface area contributed by atoms with Gasteiger partial charge in [0.15, 0.2) is 0 Å². The van der Waals surface area contributed by atoms with Crippen molar-refractivity contribution in [2.24, 2.45) is 16.3 Å². The van der Waals surface area contributed by atoms with Gasteiger partial charge in [-0.1, -0.05) is 31.4 Å². The third-order valence-corrected chi connectivity index (χ3v) is 4.63.